The second kappa shape index (κ2) is 4.77. The topological polar surface area (TPSA) is 75.3 Å². The molecule has 1 aliphatic rings. The van der Waals surface area contributed by atoms with E-state index < -0.39 is 5.60 Å². The van der Waals surface area contributed by atoms with E-state index in [1.165, 1.54) is 12.7 Å². The van der Waals surface area contributed by atoms with Gasteiger partial charge in [0.2, 0.25) is 0 Å². The highest BCUT2D eigenvalue weighted by atomic mass is 16.3. The van der Waals surface area contributed by atoms with Gasteiger partial charge in [-0.25, -0.2) is 4.98 Å². The lowest BCUT2D eigenvalue weighted by molar-refractivity contribution is 0.0166. The van der Waals surface area contributed by atoms with Gasteiger partial charge >= 0.3 is 0 Å². The summed E-state index contributed by atoms with van der Waals surface area (Å²) in [5, 5.41) is 17.9. The number of nitrogens with one attached hydrogen (secondary N) is 1. The molecule has 0 unspecified atom stereocenters. The largest absolute Gasteiger partial charge is 0.388 e. The van der Waals surface area contributed by atoms with Crippen molar-refractivity contribution in [3.63, 3.8) is 0 Å². The van der Waals surface area contributed by atoms with Crippen LogP contribution in [0.1, 0.15) is 37.8 Å². The maximum Gasteiger partial charge on any atom is 0.254 e. The number of aryl methyl sites for hydroxylation is 1. The summed E-state index contributed by atoms with van der Waals surface area (Å²) in [5.41, 5.74) is 0.293. The van der Waals surface area contributed by atoms with Gasteiger partial charge in [-0.2, -0.15) is 14.6 Å². The molecule has 19 heavy (non-hydrogen) atoms. The van der Waals surface area contributed by atoms with Gasteiger partial charge in [-0.3, -0.25) is 0 Å². The number of aliphatic hydroxyl groups is 1. The fourth-order valence-corrected chi connectivity index (χ4v) is 2.70. The molecule has 102 valence electrons. The van der Waals surface area contributed by atoms with E-state index in [1.807, 2.05) is 13.0 Å². The average Bonchev–Trinajstić information content (AvgIpc) is 2.85. The van der Waals surface area contributed by atoms with Crippen LogP contribution in [-0.4, -0.2) is 36.8 Å². The van der Waals surface area contributed by atoms with E-state index in [2.05, 4.69) is 20.4 Å². The second-order valence-electron chi connectivity index (χ2n) is 5.39. The first-order chi connectivity index (χ1) is 9.16. The summed E-state index contributed by atoms with van der Waals surface area (Å²) in [7, 11) is 0. The van der Waals surface area contributed by atoms with Crippen LogP contribution in [0.15, 0.2) is 12.4 Å². The fraction of sp³-hybridized carbons (Fsp3) is 0.615. The minimum absolute atomic E-state index is 0.547. The van der Waals surface area contributed by atoms with E-state index in [0.717, 1.165) is 37.2 Å². The van der Waals surface area contributed by atoms with Crippen molar-refractivity contribution in [2.75, 3.05) is 11.9 Å². The minimum atomic E-state index is -0.595. The molecular formula is C13H19N5O. The molecule has 1 fully saturated rings. The summed E-state index contributed by atoms with van der Waals surface area (Å²) in [6.07, 6.45) is 6.65. The third-order valence-corrected chi connectivity index (χ3v) is 3.76. The van der Waals surface area contributed by atoms with E-state index >= 15 is 0 Å². The zero-order valence-electron chi connectivity index (χ0n) is 11.1. The lowest BCUT2D eigenvalue weighted by atomic mass is 9.85. The highest BCUT2D eigenvalue weighted by Crippen LogP contribution is 2.28. The van der Waals surface area contributed by atoms with Crippen molar-refractivity contribution in [2.45, 2.75) is 44.6 Å². The third-order valence-electron chi connectivity index (χ3n) is 3.76. The van der Waals surface area contributed by atoms with Gasteiger partial charge in [0, 0.05) is 18.3 Å². The first kappa shape index (κ1) is 12.3. The predicted octanol–water partition coefficient (Wildman–Crippen LogP) is 1.54. The SMILES string of the molecule is Cc1cc(NCC2(O)CCCCC2)n2ncnc2n1. The van der Waals surface area contributed by atoms with Gasteiger partial charge in [-0.05, 0) is 19.8 Å². The minimum Gasteiger partial charge on any atom is -0.388 e. The Bertz CT molecular complexity index is 573. The van der Waals surface area contributed by atoms with E-state index in [1.54, 1.807) is 4.52 Å². The van der Waals surface area contributed by atoms with Crippen LogP contribution in [0.3, 0.4) is 0 Å². The molecule has 1 aliphatic carbocycles. The van der Waals surface area contributed by atoms with Crippen molar-refractivity contribution < 1.29 is 5.11 Å². The number of hydrogen-bond donors (Lipinski definition) is 2. The normalized spacial score (nSPS) is 18.6. The van der Waals surface area contributed by atoms with Gasteiger partial charge in [0.25, 0.3) is 5.78 Å². The molecule has 2 aromatic rings. The Morgan fingerprint density at radius 1 is 1.37 bits per heavy atom. The van der Waals surface area contributed by atoms with Gasteiger partial charge in [0.05, 0.1) is 5.60 Å². The summed E-state index contributed by atoms with van der Waals surface area (Å²) in [5.74, 6) is 1.41. The lowest BCUT2D eigenvalue weighted by Gasteiger charge is -2.32. The van der Waals surface area contributed by atoms with Crippen LogP contribution in [0.4, 0.5) is 5.82 Å². The van der Waals surface area contributed by atoms with Crippen LogP contribution in [-0.2, 0) is 0 Å². The van der Waals surface area contributed by atoms with E-state index in [-0.39, 0.29) is 0 Å². The highest BCUT2D eigenvalue weighted by Gasteiger charge is 2.29. The number of nitrogens with zero attached hydrogens (tertiary/aromatic N) is 4. The molecule has 0 spiro atoms. The van der Waals surface area contributed by atoms with E-state index in [0.29, 0.717) is 12.3 Å². The molecule has 0 atom stereocenters. The summed E-state index contributed by atoms with van der Waals surface area (Å²) in [6, 6.07) is 1.92. The first-order valence-electron chi connectivity index (χ1n) is 6.80. The molecule has 0 bridgehead atoms. The summed E-state index contributed by atoms with van der Waals surface area (Å²) in [6.45, 7) is 2.47. The zero-order chi connectivity index (χ0) is 13.3. The highest BCUT2D eigenvalue weighted by molar-refractivity contribution is 5.44. The van der Waals surface area contributed by atoms with Crippen molar-refractivity contribution in [3.8, 4) is 0 Å². The Kier molecular flexibility index (Phi) is 3.10. The predicted molar refractivity (Wildman–Crippen MR) is 72.0 cm³/mol. The number of aromatic nitrogens is 4. The second-order valence-corrected chi connectivity index (χ2v) is 5.39. The maximum absolute atomic E-state index is 10.5. The monoisotopic (exact) mass is 261 g/mol. The molecule has 2 aromatic heterocycles. The van der Waals surface area contributed by atoms with Crippen molar-refractivity contribution >= 4 is 11.6 Å². The Labute approximate surface area is 111 Å². The fourth-order valence-electron chi connectivity index (χ4n) is 2.70. The van der Waals surface area contributed by atoms with E-state index in [4.69, 9.17) is 0 Å². The van der Waals surface area contributed by atoms with Crippen LogP contribution in [0.2, 0.25) is 0 Å². The van der Waals surface area contributed by atoms with Gasteiger partial charge in [-0.1, -0.05) is 19.3 Å². The summed E-state index contributed by atoms with van der Waals surface area (Å²) in [4.78, 5) is 8.39. The Morgan fingerprint density at radius 3 is 2.95 bits per heavy atom. The number of hydrogen-bond acceptors (Lipinski definition) is 5. The van der Waals surface area contributed by atoms with Crippen LogP contribution in [0.5, 0.6) is 0 Å². The molecule has 6 heteroatoms. The Balaban J connectivity index is 1.79. The Hall–Kier alpha value is -1.69. The molecule has 2 heterocycles. The molecule has 3 rings (SSSR count). The molecule has 0 radical (unpaired) electrons. The van der Waals surface area contributed by atoms with Crippen LogP contribution < -0.4 is 5.32 Å². The van der Waals surface area contributed by atoms with Gasteiger partial charge in [0.15, 0.2) is 0 Å². The molecule has 1 saturated carbocycles. The number of fused-ring (bicyclic) bond motifs is 1. The standard InChI is InChI=1S/C13H19N5O/c1-10-7-11(18-12(17-10)15-9-16-18)14-8-13(19)5-3-2-4-6-13/h7,9,14,19H,2-6,8H2,1H3. The van der Waals surface area contributed by atoms with Crippen molar-refractivity contribution in [1.29, 1.82) is 0 Å². The van der Waals surface area contributed by atoms with Crippen molar-refractivity contribution in [1.82, 2.24) is 19.6 Å². The molecule has 0 saturated heterocycles. The van der Waals surface area contributed by atoms with Crippen LogP contribution in [0.25, 0.3) is 5.78 Å². The Morgan fingerprint density at radius 2 is 2.16 bits per heavy atom. The van der Waals surface area contributed by atoms with E-state index in [9.17, 15) is 5.11 Å². The van der Waals surface area contributed by atoms with Gasteiger partial charge in [0.1, 0.15) is 12.1 Å². The van der Waals surface area contributed by atoms with Crippen LogP contribution in [0, 0.1) is 6.92 Å². The molecule has 0 aromatic carbocycles. The molecule has 2 N–H and O–H groups in total. The van der Waals surface area contributed by atoms with Gasteiger partial charge in [-0.15, -0.1) is 0 Å². The molecule has 0 aliphatic heterocycles. The number of anilines is 1. The van der Waals surface area contributed by atoms with Crippen LogP contribution >= 0.6 is 0 Å². The third kappa shape index (κ3) is 2.53. The smallest absolute Gasteiger partial charge is 0.254 e. The quantitative estimate of drug-likeness (QED) is 0.876. The van der Waals surface area contributed by atoms with Gasteiger partial charge < -0.3 is 10.4 Å². The van der Waals surface area contributed by atoms with Crippen molar-refractivity contribution in [2.24, 2.45) is 0 Å². The average molecular weight is 261 g/mol. The first-order valence-corrected chi connectivity index (χ1v) is 6.80. The lowest BCUT2D eigenvalue weighted by Crippen LogP contribution is -2.39. The summed E-state index contributed by atoms with van der Waals surface area (Å²) >= 11 is 0. The molecular weight excluding hydrogens is 242 g/mol. The summed E-state index contributed by atoms with van der Waals surface area (Å²) < 4.78 is 1.67. The molecule has 6 nitrogen and oxygen atoms in total. The number of rotatable bonds is 3. The van der Waals surface area contributed by atoms with Crippen molar-refractivity contribution in [3.05, 3.63) is 18.1 Å². The zero-order valence-corrected chi connectivity index (χ0v) is 11.1. The maximum atomic E-state index is 10.5. The molecule has 0 amide bonds.